The van der Waals surface area contributed by atoms with E-state index in [4.69, 9.17) is 9.47 Å². The van der Waals surface area contributed by atoms with Crippen LogP contribution in [-0.4, -0.2) is 35.2 Å². The number of nitrogens with zero attached hydrogens (tertiary/aromatic N) is 1. The van der Waals surface area contributed by atoms with E-state index >= 15 is 0 Å². The lowest BCUT2D eigenvalue weighted by Crippen LogP contribution is -2.25. The number of benzene rings is 1. The van der Waals surface area contributed by atoms with Crippen LogP contribution in [0.3, 0.4) is 0 Å². The van der Waals surface area contributed by atoms with Gasteiger partial charge in [0.2, 0.25) is 0 Å². The zero-order valence-corrected chi connectivity index (χ0v) is 11.9. The highest BCUT2D eigenvalue weighted by molar-refractivity contribution is 6.04. The predicted octanol–water partition coefficient (Wildman–Crippen LogP) is 2.80. The van der Waals surface area contributed by atoms with Crippen LogP contribution in [0.4, 0.5) is 5.69 Å². The molecule has 22 heavy (non-hydrogen) atoms. The molecule has 0 saturated carbocycles. The lowest BCUT2D eigenvalue weighted by Gasteiger charge is -2.21. The van der Waals surface area contributed by atoms with Gasteiger partial charge in [-0.05, 0) is 25.3 Å². The van der Waals surface area contributed by atoms with Gasteiger partial charge in [0, 0.05) is 30.3 Å². The maximum atomic E-state index is 12.1. The number of hydrogen-bond acceptors (Lipinski definition) is 5. The molecule has 1 aromatic carbocycles. The molecule has 1 atom stereocenters. The van der Waals surface area contributed by atoms with Crippen LogP contribution in [0.25, 0.3) is 10.9 Å². The van der Waals surface area contributed by atoms with Crippen molar-refractivity contribution in [3.8, 4) is 0 Å². The van der Waals surface area contributed by atoms with E-state index in [1.54, 1.807) is 6.07 Å². The molecule has 3 rings (SSSR count). The molecule has 0 radical (unpaired) electrons. The molecule has 1 aliphatic rings. The van der Waals surface area contributed by atoms with E-state index in [1.165, 1.54) is 18.3 Å². The number of non-ortho nitro benzene ring substituents is 1. The summed E-state index contributed by atoms with van der Waals surface area (Å²) in [6.07, 6.45) is 4.50. The first-order chi connectivity index (χ1) is 10.6. The second kappa shape index (κ2) is 6.15. The Hall–Kier alpha value is -2.41. The molecule has 1 saturated heterocycles. The highest BCUT2D eigenvalue weighted by Gasteiger charge is 2.19. The first kappa shape index (κ1) is 14.5. The number of carbonyl (C=O) groups excluding carboxylic acids is 1. The summed E-state index contributed by atoms with van der Waals surface area (Å²) in [5, 5.41) is 11.4. The third-order valence-corrected chi connectivity index (χ3v) is 3.77. The number of rotatable bonds is 4. The fourth-order valence-electron chi connectivity index (χ4n) is 2.58. The molecule has 1 fully saturated rings. The van der Waals surface area contributed by atoms with Gasteiger partial charge in [0.25, 0.3) is 5.69 Å². The Bertz CT molecular complexity index is 703. The summed E-state index contributed by atoms with van der Waals surface area (Å²) in [5.41, 5.74) is 0.889. The maximum Gasteiger partial charge on any atom is 0.340 e. The molecule has 2 heterocycles. The standard InChI is InChI=1S/C15H16N2O5/c18-15(22-9-11-3-1-2-6-21-11)13-8-16-14-7-10(17(19)20)4-5-12(13)14/h4-5,7-8,11,16H,1-3,6,9H2/t11-/m0/s1. The number of carbonyl (C=O) groups is 1. The molecule has 0 unspecified atom stereocenters. The summed E-state index contributed by atoms with van der Waals surface area (Å²) < 4.78 is 10.8. The van der Waals surface area contributed by atoms with Crippen LogP contribution in [0.5, 0.6) is 0 Å². The molecule has 7 heteroatoms. The van der Waals surface area contributed by atoms with Gasteiger partial charge in [-0.15, -0.1) is 0 Å². The van der Waals surface area contributed by atoms with Gasteiger partial charge in [0.15, 0.2) is 0 Å². The van der Waals surface area contributed by atoms with Crippen LogP contribution in [0.15, 0.2) is 24.4 Å². The smallest absolute Gasteiger partial charge is 0.340 e. The predicted molar refractivity (Wildman–Crippen MR) is 78.8 cm³/mol. The Morgan fingerprint density at radius 2 is 2.32 bits per heavy atom. The second-order valence-electron chi connectivity index (χ2n) is 5.28. The Morgan fingerprint density at radius 3 is 3.05 bits per heavy atom. The van der Waals surface area contributed by atoms with E-state index in [-0.39, 0.29) is 18.4 Å². The quantitative estimate of drug-likeness (QED) is 0.532. The number of nitro benzene ring substituents is 1. The summed E-state index contributed by atoms with van der Waals surface area (Å²) in [5.74, 6) is -0.450. The average molecular weight is 304 g/mol. The minimum absolute atomic E-state index is 0.0233. The van der Waals surface area contributed by atoms with Crippen molar-refractivity contribution >= 4 is 22.6 Å². The number of nitro groups is 1. The molecule has 1 aromatic heterocycles. The molecule has 1 aliphatic heterocycles. The molecule has 116 valence electrons. The number of H-pyrrole nitrogens is 1. The summed E-state index contributed by atoms with van der Waals surface area (Å²) >= 11 is 0. The molecule has 0 spiro atoms. The molecular formula is C15H16N2O5. The van der Waals surface area contributed by atoms with Gasteiger partial charge in [0.05, 0.1) is 22.1 Å². The fraction of sp³-hybridized carbons (Fsp3) is 0.400. The van der Waals surface area contributed by atoms with E-state index in [9.17, 15) is 14.9 Å². The van der Waals surface area contributed by atoms with Crippen molar-refractivity contribution in [3.63, 3.8) is 0 Å². The van der Waals surface area contributed by atoms with Gasteiger partial charge < -0.3 is 14.5 Å². The molecule has 1 N–H and O–H groups in total. The molecule has 7 nitrogen and oxygen atoms in total. The van der Waals surface area contributed by atoms with Crippen molar-refractivity contribution in [2.24, 2.45) is 0 Å². The van der Waals surface area contributed by atoms with Gasteiger partial charge in [-0.25, -0.2) is 4.79 Å². The topological polar surface area (TPSA) is 94.5 Å². The number of esters is 1. The van der Waals surface area contributed by atoms with Crippen molar-refractivity contribution in [2.75, 3.05) is 13.2 Å². The monoisotopic (exact) mass is 304 g/mol. The normalized spacial score (nSPS) is 18.3. The van der Waals surface area contributed by atoms with Crippen LogP contribution < -0.4 is 0 Å². The Kier molecular flexibility index (Phi) is 4.06. The summed E-state index contributed by atoms with van der Waals surface area (Å²) in [6, 6.07) is 4.32. The molecule has 2 aromatic rings. The number of nitrogens with one attached hydrogen (secondary N) is 1. The number of aromatic amines is 1. The van der Waals surface area contributed by atoms with Crippen LogP contribution in [0, 0.1) is 10.1 Å². The molecule has 0 aliphatic carbocycles. The van der Waals surface area contributed by atoms with Gasteiger partial charge in [-0.1, -0.05) is 0 Å². The van der Waals surface area contributed by atoms with E-state index in [0.717, 1.165) is 19.3 Å². The summed E-state index contributed by atoms with van der Waals surface area (Å²) in [6.45, 7) is 0.942. The third-order valence-electron chi connectivity index (χ3n) is 3.77. The van der Waals surface area contributed by atoms with Crippen LogP contribution in [-0.2, 0) is 9.47 Å². The van der Waals surface area contributed by atoms with Crippen molar-refractivity contribution in [1.82, 2.24) is 4.98 Å². The minimum atomic E-state index is -0.474. The highest BCUT2D eigenvalue weighted by atomic mass is 16.6. The van der Waals surface area contributed by atoms with Gasteiger partial charge >= 0.3 is 5.97 Å². The summed E-state index contributed by atoms with van der Waals surface area (Å²) in [7, 11) is 0. The lowest BCUT2D eigenvalue weighted by molar-refractivity contribution is -0.384. The van der Waals surface area contributed by atoms with Crippen molar-refractivity contribution in [3.05, 3.63) is 40.1 Å². The lowest BCUT2D eigenvalue weighted by atomic mass is 10.1. The van der Waals surface area contributed by atoms with Crippen molar-refractivity contribution < 1.29 is 19.2 Å². The van der Waals surface area contributed by atoms with Crippen molar-refractivity contribution in [1.29, 1.82) is 0 Å². The number of hydrogen-bond donors (Lipinski definition) is 1. The molecule has 0 bridgehead atoms. The van der Waals surface area contributed by atoms with Crippen molar-refractivity contribution in [2.45, 2.75) is 25.4 Å². The zero-order chi connectivity index (χ0) is 15.5. The molecular weight excluding hydrogens is 288 g/mol. The van der Waals surface area contributed by atoms with Gasteiger partial charge in [-0.2, -0.15) is 0 Å². The first-order valence-corrected chi connectivity index (χ1v) is 7.19. The minimum Gasteiger partial charge on any atom is -0.459 e. The number of aromatic nitrogens is 1. The van der Waals surface area contributed by atoms with Crippen LogP contribution >= 0.6 is 0 Å². The number of ether oxygens (including phenoxy) is 2. The van der Waals surface area contributed by atoms with Crippen LogP contribution in [0.2, 0.25) is 0 Å². The second-order valence-corrected chi connectivity index (χ2v) is 5.28. The SMILES string of the molecule is O=C(OC[C@@H]1CCCCO1)c1c[nH]c2cc([N+](=O)[O-])ccc12. The Balaban J connectivity index is 1.72. The maximum absolute atomic E-state index is 12.1. The van der Waals surface area contributed by atoms with Crippen LogP contribution in [0.1, 0.15) is 29.6 Å². The van der Waals surface area contributed by atoms with E-state index < -0.39 is 10.9 Å². The van der Waals surface area contributed by atoms with Gasteiger partial charge in [-0.3, -0.25) is 10.1 Å². The zero-order valence-electron chi connectivity index (χ0n) is 11.9. The largest absolute Gasteiger partial charge is 0.459 e. The Labute approximate surface area is 126 Å². The highest BCUT2D eigenvalue weighted by Crippen LogP contribution is 2.24. The number of fused-ring (bicyclic) bond motifs is 1. The van der Waals surface area contributed by atoms with Gasteiger partial charge in [0.1, 0.15) is 6.61 Å². The fourth-order valence-corrected chi connectivity index (χ4v) is 2.58. The van der Waals surface area contributed by atoms with E-state index in [0.29, 0.717) is 23.1 Å². The average Bonchev–Trinajstić information content (AvgIpc) is 2.96. The van der Waals surface area contributed by atoms with E-state index in [1.807, 2.05) is 0 Å². The Morgan fingerprint density at radius 1 is 1.45 bits per heavy atom. The molecule has 0 amide bonds. The van der Waals surface area contributed by atoms with E-state index in [2.05, 4.69) is 4.98 Å². The first-order valence-electron chi connectivity index (χ1n) is 7.19. The summed E-state index contributed by atoms with van der Waals surface area (Å²) in [4.78, 5) is 25.3. The third kappa shape index (κ3) is 2.94.